The summed E-state index contributed by atoms with van der Waals surface area (Å²) in [5.74, 6) is -0.758. The SMILES string of the molecule is CC[C@H](N)C(=O)N[C@@H]1C(=O)N2C(CC[C@H]2C(=O)NC(c2ccccc2)c2ccccc2)C[C@@H]1CNC. The normalized spacial score (nSPS) is 24.3. The molecule has 5 atom stereocenters. The first-order valence-electron chi connectivity index (χ1n) is 12.9. The molecule has 0 bridgehead atoms. The van der Waals surface area contributed by atoms with Crippen molar-refractivity contribution in [1.29, 1.82) is 0 Å². The van der Waals surface area contributed by atoms with Gasteiger partial charge in [0.2, 0.25) is 17.7 Å². The molecule has 0 saturated carbocycles. The molecule has 2 aromatic carbocycles. The molecule has 192 valence electrons. The number of carbonyl (C=O) groups is 3. The molecule has 8 heteroatoms. The van der Waals surface area contributed by atoms with E-state index in [1.807, 2.05) is 74.6 Å². The quantitative estimate of drug-likeness (QED) is 0.426. The Bertz CT molecular complexity index is 1010. The number of hydrogen-bond donors (Lipinski definition) is 4. The van der Waals surface area contributed by atoms with Crippen LogP contribution in [0.5, 0.6) is 0 Å². The molecule has 5 N–H and O–H groups in total. The molecular weight excluding hydrogens is 454 g/mol. The van der Waals surface area contributed by atoms with E-state index in [0.717, 1.165) is 24.0 Å². The molecule has 36 heavy (non-hydrogen) atoms. The van der Waals surface area contributed by atoms with Crippen LogP contribution in [0.2, 0.25) is 0 Å². The average molecular weight is 492 g/mol. The average Bonchev–Trinajstić information content (AvgIpc) is 3.34. The predicted octanol–water partition coefficient (Wildman–Crippen LogP) is 1.71. The lowest BCUT2D eigenvalue weighted by atomic mass is 9.86. The molecular formula is C28H37N5O3. The van der Waals surface area contributed by atoms with Crippen LogP contribution in [-0.2, 0) is 14.4 Å². The number of nitrogens with two attached hydrogens (primary N) is 1. The third kappa shape index (κ3) is 5.44. The standard InChI is InChI=1S/C28H37N5O3/c1-3-22(29)26(34)32-25-20(17-30-2)16-21-14-15-23(33(21)28(25)36)27(35)31-24(18-10-6-4-7-11-18)19-12-8-5-9-13-19/h4-13,20-25,30H,3,14-17,29H2,1-2H3,(H,31,35)(H,32,34)/t20-,21?,22+,23+,25+/m1/s1. The summed E-state index contributed by atoms with van der Waals surface area (Å²) in [4.78, 5) is 41.7. The first-order chi connectivity index (χ1) is 17.4. The van der Waals surface area contributed by atoms with E-state index < -0.39 is 18.1 Å². The molecule has 2 fully saturated rings. The summed E-state index contributed by atoms with van der Waals surface area (Å²) in [6.07, 6.45) is 2.57. The van der Waals surface area contributed by atoms with Crippen LogP contribution in [0.3, 0.4) is 0 Å². The number of amides is 3. The highest BCUT2D eigenvalue weighted by Crippen LogP contribution is 2.36. The van der Waals surface area contributed by atoms with Crippen LogP contribution in [0, 0.1) is 5.92 Å². The third-order valence-electron chi connectivity index (χ3n) is 7.46. The molecule has 2 aliphatic heterocycles. The molecule has 0 aromatic heterocycles. The van der Waals surface area contributed by atoms with Crippen molar-refractivity contribution in [2.24, 2.45) is 11.7 Å². The van der Waals surface area contributed by atoms with Crippen LogP contribution in [0.1, 0.15) is 49.8 Å². The summed E-state index contributed by atoms with van der Waals surface area (Å²) in [6.45, 7) is 2.44. The molecule has 2 aromatic rings. The maximum atomic E-state index is 13.7. The Kier molecular flexibility index (Phi) is 8.38. The summed E-state index contributed by atoms with van der Waals surface area (Å²) in [5.41, 5.74) is 7.88. The first-order valence-corrected chi connectivity index (χ1v) is 12.9. The minimum absolute atomic E-state index is 0.0218. The van der Waals surface area contributed by atoms with Crippen LogP contribution in [-0.4, -0.2) is 60.4 Å². The molecule has 2 aliphatic rings. The van der Waals surface area contributed by atoms with E-state index in [0.29, 0.717) is 19.4 Å². The van der Waals surface area contributed by atoms with Gasteiger partial charge in [-0.1, -0.05) is 67.6 Å². The molecule has 0 aliphatic carbocycles. The van der Waals surface area contributed by atoms with Gasteiger partial charge in [0.1, 0.15) is 12.1 Å². The lowest BCUT2D eigenvalue weighted by Gasteiger charge is -2.42. The summed E-state index contributed by atoms with van der Waals surface area (Å²) in [7, 11) is 1.84. The van der Waals surface area contributed by atoms with Crippen LogP contribution in [0.25, 0.3) is 0 Å². The van der Waals surface area contributed by atoms with Gasteiger partial charge in [-0.25, -0.2) is 0 Å². The summed E-state index contributed by atoms with van der Waals surface area (Å²) in [5, 5.41) is 9.25. The van der Waals surface area contributed by atoms with Gasteiger partial charge in [-0.2, -0.15) is 0 Å². The highest BCUT2D eigenvalue weighted by atomic mass is 16.2. The van der Waals surface area contributed by atoms with Crippen molar-refractivity contribution >= 4 is 17.7 Å². The minimum Gasteiger partial charge on any atom is -0.343 e. The van der Waals surface area contributed by atoms with Gasteiger partial charge in [0.05, 0.1) is 12.1 Å². The number of piperidine rings is 1. The van der Waals surface area contributed by atoms with E-state index in [4.69, 9.17) is 5.73 Å². The Morgan fingerprint density at radius 3 is 2.19 bits per heavy atom. The molecule has 3 amide bonds. The molecule has 1 unspecified atom stereocenters. The summed E-state index contributed by atoms with van der Waals surface area (Å²) >= 11 is 0. The maximum absolute atomic E-state index is 13.7. The van der Waals surface area contributed by atoms with Crippen molar-refractivity contribution in [3.63, 3.8) is 0 Å². The fourth-order valence-electron chi connectivity index (χ4n) is 5.53. The van der Waals surface area contributed by atoms with Crippen molar-refractivity contribution in [2.75, 3.05) is 13.6 Å². The number of rotatable bonds is 9. The van der Waals surface area contributed by atoms with Gasteiger partial charge in [0, 0.05) is 18.5 Å². The van der Waals surface area contributed by atoms with E-state index >= 15 is 0 Å². The molecule has 2 saturated heterocycles. The van der Waals surface area contributed by atoms with Crippen molar-refractivity contribution in [3.05, 3.63) is 71.8 Å². The number of carbonyl (C=O) groups excluding carboxylic acids is 3. The van der Waals surface area contributed by atoms with Gasteiger partial charge >= 0.3 is 0 Å². The Morgan fingerprint density at radius 1 is 1.03 bits per heavy atom. The second-order valence-corrected chi connectivity index (χ2v) is 9.81. The van der Waals surface area contributed by atoms with Crippen molar-refractivity contribution in [3.8, 4) is 0 Å². The van der Waals surface area contributed by atoms with Gasteiger partial charge < -0.3 is 26.6 Å². The van der Waals surface area contributed by atoms with Crippen LogP contribution < -0.4 is 21.7 Å². The Hall–Kier alpha value is -3.23. The second-order valence-electron chi connectivity index (χ2n) is 9.81. The van der Waals surface area contributed by atoms with E-state index in [1.165, 1.54) is 0 Å². The molecule has 4 rings (SSSR count). The zero-order chi connectivity index (χ0) is 25.7. The largest absolute Gasteiger partial charge is 0.343 e. The third-order valence-corrected chi connectivity index (χ3v) is 7.46. The van der Waals surface area contributed by atoms with Crippen molar-refractivity contribution in [2.45, 2.75) is 62.8 Å². The summed E-state index contributed by atoms with van der Waals surface area (Å²) < 4.78 is 0. The first kappa shape index (κ1) is 25.9. The summed E-state index contributed by atoms with van der Waals surface area (Å²) in [6, 6.07) is 17.4. The Morgan fingerprint density at radius 2 is 1.64 bits per heavy atom. The smallest absolute Gasteiger partial charge is 0.246 e. The van der Waals surface area contributed by atoms with E-state index in [2.05, 4.69) is 16.0 Å². The minimum atomic E-state index is -0.703. The van der Waals surface area contributed by atoms with Crippen molar-refractivity contribution < 1.29 is 14.4 Å². The molecule has 0 radical (unpaired) electrons. The van der Waals surface area contributed by atoms with Crippen LogP contribution >= 0.6 is 0 Å². The molecule has 0 spiro atoms. The molecule has 8 nitrogen and oxygen atoms in total. The zero-order valence-electron chi connectivity index (χ0n) is 21.0. The number of nitrogens with one attached hydrogen (secondary N) is 3. The van der Waals surface area contributed by atoms with Crippen LogP contribution in [0.4, 0.5) is 0 Å². The highest BCUT2D eigenvalue weighted by molar-refractivity contribution is 5.94. The number of nitrogens with zero attached hydrogens (tertiary/aromatic N) is 1. The lowest BCUT2D eigenvalue weighted by molar-refractivity contribution is -0.148. The van der Waals surface area contributed by atoms with Gasteiger partial charge in [-0.15, -0.1) is 0 Å². The monoisotopic (exact) mass is 491 g/mol. The number of fused-ring (bicyclic) bond motifs is 1. The van der Waals surface area contributed by atoms with Crippen LogP contribution in [0.15, 0.2) is 60.7 Å². The highest BCUT2D eigenvalue weighted by Gasteiger charge is 2.50. The predicted molar refractivity (Wildman–Crippen MR) is 139 cm³/mol. The lowest BCUT2D eigenvalue weighted by Crippen LogP contribution is -2.64. The van der Waals surface area contributed by atoms with E-state index in [-0.39, 0.29) is 35.7 Å². The van der Waals surface area contributed by atoms with E-state index in [1.54, 1.807) is 4.90 Å². The Balaban J connectivity index is 1.56. The second kappa shape index (κ2) is 11.7. The number of benzene rings is 2. The topological polar surface area (TPSA) is 117 Å². The maximum Gasteiger partial charge on any atom is 0.246 e. The van der Waals surface area contributed by atoms with E-state index in [9.17, 15) is 14.4 Å². The van der Waals surface area contributed by atoms with Crippen molar-refractivity contribution in [1.82, 2.24) is 20.9 Å². The van der Waals surface area contributed by atoms with Gasteiger partial charge in [-0.3, -0.25) is 14.4 Å². The van der Waals surface area contributed by atoms with Gasteiger partial charge in [0.25, 0.3) is 0 Å². The van der Waals surface area contributed by atoms with Gasteiger partial charge in [-0.05, 0) is 43.9 Å². The fourth-order valence-corrected chi connectivity index (χ4v) is 5.53. The fraction of sp³-hybridized carbons (Fsp3) is 0.464. The number of hydrogen-bond acceptors (Lipinski definition) is 5. The van der Waals surface area contributed by atoms with Gasteiger partial charge in [0.15, 0.2) is 0 Å². The molecule has 2 heterocycles. The Labute approximate surface area is 213 Å². The zero-order valence-corrected chi connectivity index (χ0v) is 21.0.